The molecule has 0 aliphatic rings. The Balaban J connectivity index is 3.09. The first kappa shape index (κ1) is 19.8. The van der Waals surface area contributed by atoms with E-state index in [-0.39, 0.29) is 12.9 Å². The first-order chi connectivity index (χ1) is 9.85. The summed E-state index contributed by atoms with van der Waals surface area (Å²) in [5.74, 6) is 0. The van der Waals surface area contributed by atoms with Gasteiger partial charge in [0.2, 0.25) is 0 Å². The summed E-state index contributed by atoms with van der Waals surface area (Å²) in [5.41, 5.74) is 0. The second kappa shape index (κ2) is 16.9. The third-order valence-electron chi connectivity index (χ3n) is 3.53. The quantitative estimate of drug-likeness (QED) is 0.289. The van der Waals surface area contributed by atoms with Gasteiger partial charge in [-0.05, 0) is 30.7 Å². The minimum absolute atomic E-state index is 0.0201. The van der Waals surface area contributed by atoms with Gasteiger partial charge in [-0.2, -0.15) is 4.94 Å². The Bertz CT molecular complexity index is 179. The van der Waals surface area contributed by atoms with Gasteiger partial charge in [0.25, 0.3) is 0 Å². The minimum atomic E-state index is -0.0201. The molecule has 0 aromatic rings. The SMILES string of the molecule is CCOC(CCCCCCCCCCCCOF)OC. The van der Waals surface area contributed by atoms with Gasteiger partial charge in [0.1, 0.15) is 0 Å². The molecule has 0 bridgehead atoms. The summed E-state index contributed by atoms with van der Waals surface area (Å²) in [5, 5.41) is 0. The topological polar surface area (TPSA) is 27.7 Å². The van der Waals surface area contributed by atoms with E-state index in [1.807, 2.05) is 6.92 Å². The standard InChI is InChI=1S/C16H33FO3/c1-3-19-16(18-2)14-12-10-8-6-4-5-7-9-11-13-15-20-17/h16H,3-15H2,1-2H3. The van der Waals surface area contributed by atoms with Crippen molar-refractivity contribution in [1.82, 2.24) is 0 Å². The molecule has 0 aliphatic heterocycles. The number of hydrogen-bond donors (Lipinski definition) is 0. The predicted octanol–water partition coefficient (Wildman–Crippen LogP) is 5.19. The van der Waals surface area contributed by atoms with Crippen LogP contribution in [0.4, 0.5) is 4.53 Å². The lowest BCUT2D eigenvalue weighted by molar-refractivity contribution is -0.133. The Labute approximate surface area is 124 Å². The molecule has 0 N–H and O–H groups in total. The van der Waals surface area contributed by atoms with Crippen molar-refractivity contribution in [3.05, 3.63) is 0 Å². The second-order valence-electron chi connectivity index (χ2n) is 5.26. The largest absolute Gasteiger partial charge is 0.356 e. The summed E-state index contributed by atoms with van der Waals surface area (Å²) in [6, 6.07) is 0. The van der Waals surface area contributed by atoms with E-state index in [0.29, 0.717) is 0 Å². The summed E-state index contributed by atoms with van der Waals surface area (Å²) in [4.78, 5) is 3.55. The molecule has 1 unspecified atom stereocenters. The van der Waals surface area contributed by atoms with Crippen molar-refractivity contribution in [3.63, 3.8) is 0 Å². The lowest BCUT2D eigenvalue weighted by Gasteiger charge is -2.14. The van der Waals surface area contributed by atoms with Crippen molar-refractivity contribution in [2.75, 3.05) is 20.3 Å². The van der Waals surface area contributed by atoms with Crippen LogP contribution in [0.5, 0.6) is 0 Å². The van der Waals surface area contributed by atoms with Gasteiger partial charge in [0.05, 0.1) is 6.61 Å². The molecular weight excluding hydrogens is 259 g/mol. The molecule has 122 valence electrons. The molecule has 4 heteroatoms. The molecule has 0 aliphatic carbocycles. The normalized spacial score (nSPS) is 12.8. The van der Waals surface area contributed by atoms with Crippen molar-refractivity contribution >= 4 is 0 Å². The van der Waals surface area contributed by atoms with Crippen LogP contribution in [-0.2, 0) is 14.4 Å². The summed E-state index contributed by atoms with van der Waals surface area (Å²) in [6.07, 6.45) is 13.1. The Hall–Kier alpha value is -0.190. The fraction of sp³-hybridized carbons (Fsp3) is 1.00. The minimum Gasteiger partial charge on any atom is -0.356 e. The van der Waals surface area contributed by atoms with Crippen LogP contribution in [0.15, 0.2) is 0 Å². The van der Waals surface area contributed by atoms with Crippen LogP contribution in [0.1, 0.15) is 77.6 Å². The Morgan fingerprint density at radius 3 is 1.75 bits per heavy atom. The van der Waals surface area contributed by atoms with Crippen LogP contribution in [-0.4, -0.2) is 26.6 Å². The molecule has 0 radical (unpaired) electrons. The van der Waals surface area contributed by atoms with Gasteiger partial charge >= 0.3 is 0 Å². The zero-order valence-electron chi connectivity index (χ0n) is 13.4. The average Bonchev–Trinajstić information content (AvgIpc) is 2.47. The van der Waals surface area contributed by atoms with Crippen LogP contribution in [0, 0.1) is 0 Å². The fourth-order valence-corrected chi connectivity index (χ4v) is 2.34. The molecule has 1 atom stereocenters. The molecule has 0 saturated carbocycles. The van der Waals surface area contributed by atoms with E-state index >= 15 is 0 Å². The number of unbranched alkanes of at least 4 members (excludes halogenated alkanes) is 9. The van der Waals surface area contributed by atoms with Gasteiger partial charge in [-0.3, -0.25) is 0 Å². The van der Waals surface area contributed by atoms with Crippen molar-refractivity contribution in [3.8, 4) is 0 Å². The smallest absolute Gasteiger partial charge is 0.157 e. The summed E-state index contributed by atoms with van der Waals surface area (Å²) in [6.45, 7) is 2.97. The maximum atomic E-state index is 11.4. The van der Waals surface area contributed by atoms with Crippen LogP contribution >= 0.6 is 0 Å². The second-order valence-corrected chi connectivity index (χ2v) is 5.26. The molecule has 20 heavy (non-hydrogen) atoms. The number of methoxy groups -OCH3 is 1. The van der Waals surface area contributed by atoms with Gasteiger partial charge in [-0.1, -0.05) is 51.4 Å². The summed E-state index contributed by atoms with van der Waals surface area (Å²) < 4.78 is 22.0. The highest BCUT2D eigenvalue weighted by molar-refractivity contribution is 4.50. The van der Waals surface area contributed by atoms with Gasteiger partial charge < -0.3 is 9.47 Å². The number of hydrogen-bond acceptors (Lipinski definition) is 3. The van der Waals surface area contributed by atoms with E-state index in [1.165, 1.54) is 51.4 Å². The van der Waals surface area contributed by atoms with Gasteiger partial charge in [0, 0.05) is 13.7 Å². The Morgan fingerprint density at radius 1 is 0.800 bits per heavy atom. The van der Waals surface area contributed by atoms with Gasteiger partial charge in [-0.15, -0.1) is 0 Å². The van der Waals surface area contributed by atoms with Crippen molar-refractivity contribution in [2.24, 2.45) is 0 Å². The molecule has 0 heterocycles. The van der Waals surface area contributed by atoms with Gasteiger partial charge in [0.15, 0.2) is 6.29 Å². The first-order valence-electron chi connectivity index (χ1n) is 8.23. The molecule has 0 amide bonds. The predicted molar refractivity (Wildman–Crippen MR) is 80.3 cm³/mol. The third-order valence-corrected chi connectivity index (χ3v) is 3.53. The average molecular weight is 292 g/mol. The lowest BCUT2D eigenvalue weighted by atomic mass is 10.1. The van der Waals surface area contributed by atoms with E-state index in [0.717, 1.165) is 25.9 Å². The molecule has 0 spiro atoms. The highest BCUT2D eigenvalue weighted by Gasteiger charge is 2.05. The van der Waals surface area contributed by atoms with Crippen molar-refractivity contribution in [1.29, 1.82) is 0 Å². The zero-order valence-corrected chi connectivity index (χ0v) is 13.4. The van der Waals surface area contributed by atoms with Crippen LogP contribution < -0.4 is 0 Å². The molecule has 0 rings (SSSR count). The molecule has 0 aromatic heterocycles. The fourth-order valence-electron chi connectivity index (χ4n) is 2.34. The number of halogens is 1. The Kier molecular flexibility index (Phi) is 16.7. The molecule has 0 saturated heterocycles. The maximum absolute atomic E-state index is 11.4. The van der Waals surface area contributed by atoms with E-state index in [9.17, 15) is 4.53 Å². The Morgan fingerprint density at radius 2 is 1.30 bits per heavy atom. The summed E-state index contributed by atoms with van der Waals surface area (Å²) in [7, 11) is 1.71. The molecule has 0 aromatic carbocycles. The molecule has 0 fully saturated rings. The van der Waals surface area contributed by atoms with E-state index < -0.39 is 0 Å². The van der Waals surface area contributed by atoms with E-state index in [2.05, 4.69) is 4.94 Å². The first-order valence-corrected chi connectivity index (χ1v) is 8.23. The maximum Gasteiger partial charge on any atom is 0.157 e. The van der Waals surface area contributed by atoms with Crippen molar-refractivity contribution in [2.45, 2.75) is 83.8 Å². The highest BCUT2D eigenvalue weighted by Crippen LogP contribution is 2.13. The van der Waals surface area contributed by atoms with Crippen LogP contribution in [0.25, 0.3) is 0 Å². The van der Waals surface area contributed by atoms with E-state index in [1.54, 1.807) is 7.11 Å². The zero-order chi connectivity index (χ0) is 14.9. The van der Waals surface area contributed by atoms with Gasteiger partial charge in [-0.25, -0.2) is 0 Å². The summed E-state index contributed by atoms with van der Waals surface area (Å²) >= 11 is 0. The number of ether oxygens (including phenoxy) is 2. The number of rotatable bonds is 16. The monoisotopic (exact) mass is 292 g/mol. The van der Waals surface area contributed by atoms with Crippen LogP contribution in [0.2, 0.25) is 0 Å². The molecular formula is C16H33FO3. The van der Waals surface area contributed by atoms with E-state index in [4.69, 9.17) is 9.47 Å². The van der Waals surface area contributed by atoms with Crippen LogP contribution in [0.3, 0.4) is 0 Å². The lowest BCUT2D eigenvalue weighted by Crippen LogP contribution is -2.14. The van der Waals surface area contributed by atoms with Crippen molar-refractivity contribution < 1.29 is 18.9 Å². The third kappa shape index (κ3) is 14.2. The highest BCUT2D eigenvalue weighted by atomic mass is 19.3. The molecule has 3 nitrogen and oxygen atoms in total.